The Morgan fingerprint density at radius 3 is 3.09 bits per heavy atom. The molecule has 2 rings (SSSR count). The molecule has 60 valence electrons. The Morgan fingerprint density at radius 2 is 2.27 bits per heavy atom. The van der Waals surface area contributed by atoms with E-state index in [2.05, 4.69) is 12.2 Å². The van der Waals surface area contributed by atoms with Crippen LogP contribution >= 0.6 is 0 Å². The van der Waals surface area contributed by atoms with Gasteiger partial charge in [0.1, 0.15) is 0 Å². The zero-order valence-electron chi connectivity index (χ0n) is 6.84. The van der Waals surface area contributed by atoms with E-state index < -0.39 is 0 Å². The van der Waals surface area contributed by atoms with Gasteiger partial charge in [0.15, 0.2) is 0 Å². The molecule has 1 heteroatoms. The lowest BCUT2D eigenvalue weighted by Gasteiger charge is -2.26. The smallest absolute Gasteiger partial charge is 0.0294 e. The van der Waals surface area contributed by atoms with Crippen molar-refractivity contribution in [1.82, 2.24) is 0 Å². The van der Waals surface area contributed by atoms with Gasteiger partial charge >= 0.3 is 0 Å². The highest BCUT2D eigenvalue weighted by atomic mass is 14.6. The number of rotatable bonds is 0. The number of allylic oxidation sites excluding steroid dienone is 2. The number of hydrogen-bond acceptors (Lipinski definition) is 1. The molecule has 0 aromatic rings. The highest BCUT2D eigenvalue weighted by Crippen LogP contribution is 2.30. The Hall–Kier alpha value is -0.560. The predicted molar refractivity (Wildman–Crippen MR) is 47.2 cm³/mol. The molecule has 1 nitrogen and oxygen atoms in total. The zero-order valence-corrected chi connectivity index (χ0v) is 6.84. The van der Waals surface area contributed by atoms with Crippen molar-refractivity contribution >= 4 is 0 Å². The maximum absolute atomic E-state index is 5.98. The minimum absolute atomic E-state index is 0.343. The first kappa shape index (κ1) is 7.11. The molecule has 2 N–H and O–H groups in total. The van der Waals surface area contributed by atoms with Crippen molar-refractivity contribution in [2.75, 3.05) is 0 Å². The third-order valence-electron chi connectivity index (χ3n) is 2.71. The monoisotopic (exact) mass is 149 g/mol. The van der Waals surface area contributed by atoms with Gasteiger partial charge in [-0.2, -0.15) is 0 Å². The topological polar surface area (TPSA) is 26.0 Å². The van der Waals surface area contributed by atoms with E-state index in [4.69, 9.17) is 5.73 Å². The largest absolute Gasteiger partial charge is 0.324 e. The van der Waals surface area contributed by atoms with E-state index in [1.165, 1.54) is 37.7 Å². The molecular weight excluding hydrogens is 134 g/mol. The Morgan fingerprint density at radius 1 is 1.36 bits per heavy atom. The summed E-state index contributed by atoms with van der Waals surface area (Å²) >= 11 is 0. The normalized spacial score (nSPS) is 30.5. The lowest BCUT2D eigenvalue weighted by atomic mass is 9.83. The SMILES string of the molecule is NC1CCCC2=C1C=CCC2. The van der Waals surface area contributed by atoms with Crippen molar-refractivity contribution in [3.63, 3.8) is 0 Å². The molecular formula is C10H15N. The molecule has 0 saturated heterocycles. The van der Waals surface area contributed by atoms with Crippen LogP contribution in [0.1, 0.15) is 32.1 Å². The van der Waals surface area contributed by atoms with E-state index in [0.29, 0.717) is 6.04 Å². The van der Waals surface area contributed by atoms with E-state index in [-0.39, 0.29) is 0 Å². The van der Waals surface area contributed by atoms with Crippen LogP contribution in [0.25, 0.3) is 0 Å². The zero-order chi connectivity index (χ0) is 7.68. The molecule has 0 aliphatic heterocycles. The van der Waals surface area contributed by atoms with Crippen LogP contribution in [0.2, 0.25) is 0 Å². The van der Waals surface area contributed by atoms with Gasteiger partial charge in [0.25, 0.3) is 0 Å². The summed E-state index contributed by atoms with van der Waals surface area (Å²) in [6.45, 7) is 0. The van der Waals surface area contributed by atoms with Crippen LogP contribution in [0.4, 0.5) is 0 Å². The van der Waals surface area contributed by atoms with Crippen molar-refractivity contribution in [2.45, 2.75) is 38.1 Å². The van der Waals surface area contributed by atoms with Gasteiger partial charge in [-0.3, -0.25) is 0 Å². The Kier molecular flexibility index (Phi) is 1.82. The lowest BCUT2D eigenvalue weighted by molar-refractivity contribution is 0.585. The molecule has 0 bridgehead atoms. The molecule has 0 heterocycles. The number of nitrogens with two attached hydrogens (primary N) is 1. The molecule has 0 fully saturated rings. The molecule has 0 radical (unpaired) electrons. The fourth-order valence-corrected chi connectivity index (χ4v) is 2.08. The summed E-state index contributed by atoms with van der Waals surface area (Å²) in [6, 6.07) is 0.343. The van der Waals surface area contributed by atoms with Crippen LogP contribution in [0.3, 0.4) is 0 Å². The van der Waals surface area contributed by atoms with E-state index >= 15 is 0 Å². The second kappa shape index (κ2) is 2.82. The summed E-state index contributed by atoms with van der Waals surface area (Å²) < 4.78 is 0. The summed E-state index contributed by atoms with van der Waals surface area (Å²) in [5, 5.41) is 0. The van der Waals surface area contributed by atoms with Crippen LogP contribution in [0, 0.1) is 0 Å². The van der Waals surface area contributed by atoms with Gasteiger partial charge in [-0.15, -0.1) is 0 Å². The molecule has 2 aliphatic rings. The maximum atomic E-state index is 5.98. The van der Waals surface area contributed by atoms with Crippen LogP contribution in [0.5, 0.6) is 0 Å². The van der Waals surface area contributed by atoms with Crippen molar-refractivity contribution < 1.29 is 0 Å². The summed E-state index contributed by atoms with van der Waals surface area (Å²) in [5.74, 6) is 0. The van der Waals surface area contributed by atoms with Gasteiger partial charge in [0.2, 0.25) is 0 Å². The molecule has 1 unspecified atom stereocenters. The lowest BCUT2D eigenvalue weighted by Crippen LogP contribution is -2.26. The van der Waals surface area contributed by atoms with E-state index in [1.807, 2.05) is 0 Å². The standard InChI is InChI=1S/C10H15N/c11-10-7-3-5-8-4-1-2-6-9(8)10/h2,6,10H,1,3-5,7,11H2. The summed E-state index contributed by atoms with van der Waals surface area (Å²) in [7, 11) is 0. The molecule has 0 aromatic heterocycles. The van der Waals surface area contributed by atoms with Gasteiger partial charge in [0, 0.05) is 6.04 Å². The summed E-state index contributed by atoms with van der Waals surface area (Å²) in [5.41, 5.74) is 9.06. The first-order valence-corrected chi connectivity index (χ1v) is 4.52. The molecule has 0 aromatic carbocycles. The van der Waals surface area contributed by atoms with E-state index in [9.17, 15) is 0 Å². The fraction of sp³-hybridized carbons (Fsp3) is 0.600. The number of hydrogen-bond donors (Lipinski definition) is 1. The van der Waals surface area contributed by atoms with Gasteiger partial charge in [-0.1, -0.05) is 17.7 Å². The van der Waals surface area contributed by atoms with E-state index in [1.54, 1.807) is 5.57 Å². The molecule has 1 atom stereocenters. The predicted octanol–water partition coefficient (Wildman–Crippen LogP) is 2.14. The van der Waals surface area contributed by atoms with Gasteiger partial charge in [-0.05, 0) is 37.7 Å². The molecule has 11 heavy (non-hydrogen) atoms. The minimum Gasteiger partial charge on any atom is -0.324 e. The average molecular weight is 149 g/mol. The first-order valence-electron chi connectivity index (χ1n) is 4.52. The van der Waals surface area contributed by atoms with E-state index in [0.717, 1.165) is 0 Å². The summed E-state index contributed by atoms with van der Waals surface area (Å²) in [6.07, 6.45) is 10.8. The van der Waals surface area contributed by atoms with Crippen LogP contribution in [-0.2, 0) is 0 Å². The maximum Gasteiger partial charge on any atom is 0.0294 e. The Labute approximate surface area is 68.0 Å². The first-order chi connectivity index (χ1) is 5.38. The van der Waals surface area contributed by atoms with Crippen molar-refractivity contribution in [2.24, 2.45) is 5.73 Å². The average Bonchev–Trinajstić information content (AvgIpc) is 2.06. The van der Waals surface area contributed by atoms with Crippen molar-refractivity contribution in [1.29, 1.82) is 0 Å². The van der Waals surface area contributed by atoms with Crippen molar-refractivity contribution in [3.05, 3.63) is 23.3 Å². The Bertz CT molecular complexity index is 213. The van der Waals surface area contributed by atoms with Gasteiger partial charge < -0.3 is 5.73 Å². The minimum atomic E-state index is 0.343. The van der Waals surface area contributed by atoms with Crippen LogP contribution in [0.15, 0.2) is 23.3 Å². The van der Waals surface area contributed by atoms with Crippen molar-refractivity contribution in [3.8, 4) is 0 Å². The second-order valence-electron chi connectivity index (χ2n) is 3.50. The van der Waals surface area contributed by atoms with Crippen LogP contribution < -0.4 is 5.73 Å². The molecule has 2 aliphatic carbocycles. The molecule has 0 amide bonds. The molecule has 0 spiro atoms. The molecule has 0 saturated carbocycles. The third kappa shape index (κ3) is 1.25. The summed E-state index contributed by atoms with van der Waals surface area (Å²) in [4.78, 5) is 0. The fourth-order valence-electron chi connectivity index (χ4n) is 2.08. The second-order valence-corrected chi connectivity index (χ2v) is 3.50. The quantitative estimate of drug-likeness (QED) is 0.561. The van der Waals surface area contributed by atoms with Gasteiger partial charge in [-0.25, -0.2) is 0 Å². The Balaban J connectivity index is 2.28. The van der Waals surface area contributed by atoms with Crippen LogP contribution in [-0.4, -0.2) is 6.04 Å². The van der Waals surface area contributed by atoms with Gasteiger partial charge in [0.05, 0.1) is 0 Å². The highest BCUT2D eigenvalue weighted by molar-refractivity contribution is 5.35. The third-order valence-corrected chi connectivity index (χ3v) is 2.71. The highest BCUT2D eigenvalue weighted by Gasteiger charge is 2.18.